The van der Waals surface area contributed by atoms with E-state index in [1.54, 1.807) is 55.9 Å². The van der Waals surface area contributed by atoms with Crippen molar-refractivity contribution in [1.82, 2.24) is 20.6 Å². The Morgan fingerprint density at radius 3 is 2.56 bits per heavy atom. The van der Waals surface area contributed by atoms with Crippen LogP contribution in [0.1, 0.15) is 51.8 Å². The summed E-state index contributed by atoms with van der Waals surface area (Å²) >= 11 is 6.28. The van der Waals surface area contributed by atoms with E-state index in [1.807, 2.05) is 26.8 Å². The molecule has 11 nitrogen and oxygen atoms in total. The van der Waals surface area contributed by atoms with Crippen molar-refractivity contribution in [3.63, 3.8) is 0 Å². The first-order chi connectivity index (χ1) is 21.5. The molecule has 1 aliphatic heterocycles. The van der Waals surface area contributed by atoms with E-state index in [1.165, 1.54) is 13.2 Å². The summed E-state index contributed by atoms with van der Waals surface area (Å²) in [5.41, 5.74) is 1.32. The Morgan fingerprint density at radius 1 is 1.11 bits per heavy atom. The maximum absolute atomic E-state index is 13.3. The number of hydrogen-bond donors (Lipinski definition) is 2. The summed E-state index contributed by atoms with van der Waals surface area (Å²) < 4.78 is 16.7. The van der Waals surface area contributed by atoms with Crippen LogP contribution in [0, 0.1) is 17.8 Å². The van der Waals surface area contributed by atoms with E-state index in [9.17, 15) is 19.2 Å². The van der Waals surface area contributed by atoms with Gasteiger partial charge in [-0.15, -0.1) is 0 Å². The van der Waals surface area contributed by atoms with Gasteiger partial charge in [-0.2, -0.15) is 0 Å². The van der Waals surface area contributed by atoms with Crippen molar-refractivity contribution in [2.45, 2.75) is 65.2 Å². The van der Waals surface area contributed by atoms with E-state index in [4.69, 9.17) is 25.8 Å². The van der Waals surface area contributed by atoms with Gasteiger partial charge in [0.05, 0.1) is 29.9 Å². The van der Waals surface area contributed by atoms with Gasteiger partial charge in [0.2, 0.25) is 11.8 Å². The topological polar surface area (TPSA) is 146 Å². The quantitative estimate of drug-likeness (QED) is 0.407. The van der Waals surface area contributed by atoms with Crippen molar-refractivity contribution in [1.29, 1.82) is 0 Å². The molecular formula is C33H41ClN4O7. The lowest BCUT2D eigenvalue weighted by Crippen LogP contribution is -2.49. The molecule has 0 spiro atoms. The van der Waals surface area contributed by atoms with Crippen molar-refractivity contribution in [3.05, 3.63) is 71.3 Å². The summed E-state index contributed by atoms with van der Waals surface area (Å²) in [6.45, 7) is 7.20. The van der Waals surface area contributed by atoms with Crippen molar-refractivity contribution in [2.75, 3.05) is 13.7 Å². The van der Waals surface area contributed by atoms with Crippen molar-refractivity contribution in [3.8, 4) is 5.75 Å². The number of benzene rings is 1. The van der Waals surface area contributed by atoms with Crippen LogP contribution in [0.5, 0.6) is 5.75 Å². The lowest BCUT2D eigenvalue weighted by Gasteiger charge is -2.26. The van der Waals surface area contributed by atoms with E-state index in [0.717, 1.165) is 0 Å². The van der Waals surface area contributed by atoms with Crippen molar-refractivity contribution < 1.29 is 33.4 Å². The summed E-state index contributed by atoms with van der Waals surface area (Å²) in [6.07, 6.45) is 9.95. The number of rotatable bonds is 8. The second kappa shape index (κ2) is 17.3. The zero-order valence-corrected chi connectivity index (χ0v) is 27.0. The Bertz CT molecular complexity index is 1380. The highest BCUT2D eigenvalue weighted by atomic mass is 35.5. The van der Waals surface area contributed by atoms with Crippen LogP contribution in [0.15, 0.2) is 55.0 Å². The number of carbonyl (C=O) groups excluding carboxylic acids is 4. The highest BCUT2D eigenvalue weighted by Gasteiger charge is 2.31. The molecule has 0 radical (unpaired) electrons. The van der Waals surface area contributed by atoms with Gasteiger partial charge in [-0.1, -0.05) is 57.5 Å². The molecule has 2 aromatic rings. The van der Waals surface area contributed by atoms with E-state index < -0.39 is 47.9 Å². The Kier molecular flexibility index (Phi) is 13.5. The molecule has 12 heteroatoms. The second-order valence-electron chi connectivity index (χ2n) is 11.4. The maximum atomic E-state index is 13.3. The van der Waals surface area contributed by atoms with E-state index >= 15 is 0 Å². The highest BCUT2D eigenvalue weighted by Crippen LogP contribution is 2.25. The number of ether oxygens (including phenoxy) is 3. The number of amides is 2. The molecule has 0 aliphatic carbocycles. The number of hydrogen-bond acceptors (Lipinski definition) is 9. The van der Waals surface area contributed by atoms with E-state index in [2.05, 4.69) is 20.6 Å². The molecule has 5 atom stereocenters. The molecule has 0 saturated heterocycles. The van der Waals surface area contributed by atoms with Crippen LogP contribution in [0.25, 0.3) is 6.08 Å². The Morgan fingerprint density at radius 2 is 1.89 bits per heavy atom. The number of halogens is 1. The van der Waals surface area contributed by atoms with E-state index in [-0.39, 0.29) is 37.6 Å². The van der Waals surface area contributed by atoms with Crippen molar-refractivity contribution in [2.24, 2.45) is 17.8 Å². The lowest BCUT2D eigenvalue weighted by atomic mass is 9.99. The predicted molar refractivity (Wildman–Crippen MR) is 169 cm³/mol. The number of carbonyl (C=O) groups is 4. The van der Waals surface area contributed by atoms with Crippen molar-refractivity contribution >= 4 is 41.4 Å². The largest absolute Gasteiger partial charge is 0.495 e. The van der Waals surface area contributed by atoms with Gasteiger partial charge in [-0.05, 0) is 42.2 Å². The normalized spacial score (nSPS) is 23.5. The Balaban J connectivity index is 1.89. The molecule has 0 fully saturated rings. The summed E-state index contributed by atoms with van der Waals surface area (Å²) in [4.78, 5) is 60.9. The Labute approximate surface area is 268 Å². The maximum Gasteiger partial charge on any atom is 0.347 e. The summed E-state index contributed by atoms with van der Waals surface area (Å²) in [5.74, 6) is -2.92. The number of methoxy groups -OCH3 is 1. The first-order valence-corrected chi connectivity index (χ1v) is 15.3. The minimum absolute atomic E-state index is 0.0270. The molecule has 0 unspecified atom stereocenters. The van der Waals surface area contributed by atoms with Gasteiger partial charge >= 0.3 is 11.9 Å². The SMILES string of the molecule is COc1ccc(C[C@H]2NC(=O)/C=C/C[C@@H]([C@H](C)/C=C/c3cnccn3)OC(=O)[C@H](CC(C)C)OC(=O)[C@H](C)CNC2=O)cc1Cl. The molecule has 2 N–H and O–H groups in total. The average Bonchev–Trinajstić information content (AvgIpc) is 3.01. The molecule has 3 rings (SSSR count). The van der Waals surface area contributed by atoms with Gasteiger partial charge in [-0.3, -0.25) is 24.4 Å². The van der Waals surface area contributed by atoms with Gasteiger partial charge in [-0.25, -0.2) is 4.79 Å². The fraction of sp³-hybridized carbons (Fsp3) is 0.455. The number of nitrogens with zero attached hydrogens (tertiary/aromatic N) is 2. The van der Waals surface area contributed by atoms with Crippen LogP contribution >= 0.6 is 11.6 Å². The minimum Gasteiger partial charge on any atom is -0.495 e. The third kappa shape index (κ3) is 11.3. The fourth-order valence-electron chi connectivity index (χ4n) is 4.51. The monoisotopic (exact) mass is 640 g/mol. The molecule has 2 heterocycles. The van der Waals surface area contributed by atoms with Gasteiger partial charge in [0.15, 0.2) is 6.10 Å². The molecule has 0 bridgehead atoms. The average molecular weight is 641 g/mol. The summed E-state index contributed by atoms with van der Waals surface area (Å²) in [5, 5.41) is 5.82. The zero-order chi connectivity index (χ0) is 32.9. The standard InChI is InChI=1S/C33H41ClN4O7/c1-20(2)15-29-33(42)44-27(21(3)9-11-24-19-35-13-14-36-24)7-6-8-30(39)38-26(31(40)37-18-22(4)32(41)45-29)17-23-10-12-28(43-5)25(34)16-23/h6,8-14,16,19-22,26-27,29H,7,15,17-18H2,1-5H3,(H,37,40)(H,38,39)/b8-6+,11-9+/t21-,22-,26-,27+,29+/m1/s1. The zero-order valence-electron chi connectivity index (χ0n) is 26.2. The predicted octanol–water partition coefficient (Wildman–Crippen LogP) is 4.10. The van der Waals surface area contributed by atoms with Crippen LogP contribution in [-0.4, -0.2) is 65.6 Å². The van der Waals surface area contributed by atoms with Crippen LogP contribution in [-0.2, 0) is 35.1 Å². The summed E-state index contributed by atoms with van der Waals surface area (Å²) in [7, 11) is 1.50. The fourth-order valence-corrected chi connectivity index (χ4v) is 4.79. The van der Waals surface area contributed by atoms with Gasteiger partial charge in [0, 0.05) is 37.7 Å². The van der Waals surface area contributed by atoms with Crippen LogP contribution in [0.4, 0.5) is 0 Å². The van der Waals surface area contributed by atoms with E-state index in [0.29, 0.717) is 22.0 Å². The first kappa shape index (κ1) is 35.2. The molecule has 1 aromatic heterocycles. The first-order valence-electron chi connectivity index (χ1n) is 14.9. The Hall–Kier alpha value is -4.25. The van der Waals surface area contributed by atoms with Gasteiger partial charge in [0.25, 0.3) is 0 Å². The molecule has 242 valence electrons. The summed E-state index contributed by atoms with van der Waals surface area (Å²) in [6, 6.07) is 4.12. The highest BCUT2D eigenvalue weighted by molar-refractivity contribution is 6.32. The van der Waals surface area contributed by atoms with Crippen LogP contribution in [0.3, 0.4) is 0 Å². The molecule has 0 saturated carbocycles. The minimum atomic E-state index is -1.14. The molecular weight excluding hydrogens is 600 g/mol. The van der Waals surface area contributed by atoms with Crippen LogP contribution < -0.4 is 15.4 Å². The third-order valence-corrected chi connectivity index (χ3v) is 7.42. The molecule has 2 amide bonds. The number of nitrogens with one attached hydrogen (secondary N) is 2. The number of esters is 2. The number of aromatic nitrogens is 2. The second-order valence-corrected chi connectivity index (χ2v) is 11.8. The van der Waals surface area contributed by atoms with Crippen LogP contribution in [0.2, 0.25) is 5.02 Å². The third-order valence-electron chi connectivity index (χ3n) is 7.13. The molecule has 1 aromatic carbocycles. The smallest absolute Gasteiger partial charge is 0.347 e. The molecule has 45 heavy (non-hydrogen) atoms. The molecule has 1 aliphatic rings. The van der Waals surface area contributed by atoms with Gasteiger partial charge < -0.3 is 24.8 Å². The number of cyclic esters (lactones) is 2. The lowest BCUT2D eigenvalue weighted by molar-refractivity contribution is -0.175. The van der Waals surface area contributed by atoms with Gasteiger partial charge in [0.1, 0.15) is 17.9 Å².